The smallest absolute Gasteiger partial charge is 0.321 e. The molecule has 0 radical (unpaired) electrons. The first-order chi connectivity index (χ1) is 14.1. The van der Waals surface area contributed by atoms with Crippen LogP contribution >= 0.6 is 0 Å². The van der Waals surface area contributed by atoms with Crippen LogP contribution in [0.3, 0.4) is 0 Å². The number of benzene rings is 2. The van der Waals surface area contributed by atoms with Gasteiger partial charge in [-0.2, -0.15) is 0 Å². The summed E-state index contributed by atoms with van der Waals surface area (Å²) in [5.41, 5.74) is 5.79. The number of carbonyl (C=O) groups excluding carboxylic acids is 1. The average Bonchev–Trinajstić information content (AvgIpc) is 2.76. The summed E-state index contributed by atoms with van der Waals surface area (Å²) in [5.74, 6) is 0. The maximum Gasteiger partial charge on any atom is 0.321 e. The molecule has 4 rings (SSSR count). The third-order valence-corrected chi connectivity index (χ3v) is 6.13. The molecule has 0 aromatic heterocycles. The van der Waals surface area contributed by atoms with Gasteiger partial charge in [-0.15, -0.1) is 0 Å². The molecular weight excluding hydrogens is 360 g/mol. The summed E-state index contributed by atoms with van der Waals surface area (Å²) in [5, 5.41) is 3.07. The van der Waals surface area contributed by atoms with Crippen molar-refractivity contribution in [2.45, 2.75) is 33.1 Å². The molecule has 2 saturated heterocycles. The van der Waals surface area contributed by atoms with E-state index in [1.54, 1.807) is 0 Å². The fourth-order valence-electron chi connectivity index (χ4n) is 4.34. The standard InChI is InChI=1S/C24H32N4O/c1-19-6-11-23(20(2)18-19)25-24(29)28-16-14-27(15-17-28)22-9-7-21(8-10-22)26-12-4-3-5-13-26/h6-11,18H,3-5,12-17H2,1-2H3,(H,25,29). The minimum absolute atomic E-state index is 0.00273. The number of rotatable bonds is 3. The third kappa shape index (κ3) is 4.66. The Balaban J connectivity index is 1.31. The van der Waals surface area contributed by atoms with Gasteiger partial charge in [0.1, 0.15) is 0 Å². The molecule has 0 bridgehead atoms. The number of nitrogens with zero attached hydrogens (tertiary/aromatic N) is 3. The second kappa shape index (κ2) is 8.76. The van der Waals surface area contributed by atoms with Gasteiger partial charge < -0.3 is 20.0 Å². The van der Waals surface area contributed by atoms with Crippen molar-refractivity contribution in [3.8, 4) is 0 Å². The number of aryl methyl sites for hydroxylation is 2. The van der Waals surface area contributed by atoms with Gasteiger partial charge in [0.15, 0.2) is 0 Å². The molecule has 154 valence electrons. The van der Waals surface area contributed by atoms with Crippen LogP contribution in [0.15, 0.2) is 42.5 Å². The molecular formula is C24H32N4O. The predicted molar refractivity (Wildman–Crippen MR) is 121 cm³/mol. The van der Waals surface area contributed by atoms with Gasteiger partial charge >= 0.3 is 6.03 Å². The molecule has 2 fully saturated rings. The minimum Gasteiger partial charge on any atom is -0.372 e. The van der Waals surface area contributed by atoms with Crippen LogP contribution < -0.4 is 15.1 Å². The Labute approximate surface area is 174 Å². The zero-order chi connectivity index (χ0) is 20.2. The summed E-state index contributed by atoms with van der Waals surface area (Å²) in [4.78, 5) is 19.4. The lowest BCUT2D eigenvalue weighted by Gasteiger charge is -2.36. The fraction of sp³-hybridized carbons (Fsp3) is 0.458. The summed E-state index contributed by atoms with van der Waals surface area (Å²) in [6.07, 6.45) is 3.96. The van der Waals surface area contributed by atoms with Crippen molar-refractivity contribution in [3.05, 3.63) is 53.6 Å². The summed E-state index contributed by atoms with van der Waals surface area (Å²) in [6.45, 7) is 9.66. The number of urea groups is 1. The maximum atomic E-state index is 12.7. The molecule has 2 heterocycles. The lowest BCUT2D eigenvalue weighted by Crippen LogP contribution is -2.50. The van der Waals surface area contributed by atoms with Crippen LogP contribution in [0.1, 0.15) is 30.4 Å². The monoisotopic (exact) mass is 392 g/mol. The molecule has 2 aromatic carbocycles. The number of nitrogens with one attached hydrogen (secondary N) is 1. The number of amides is 2. The molecule has 29 heavy (non-hydrogen) atoms. The first-order valence-electron chi connectivity index (χ1n) is 10.8. The van der Waals surface area contributed by atoms with E-state index in [0.29, 0.717) is 0 Å². The van der Waals surface area contributed by atoms with E-state index in [4.69, 9.17) is 0 Å². The van der Waals surface area contributed by atoms with E-state index in [0.717, 1.165) is 37.4 Å². The normalized spacial score (nSPS) is 17.4. The van der Waals surface area contributed by atoms with E-state index < -0.39 is 0 Å². The Morgan fingerprint density at radius 2 is 1.34 bits per heavy atom. The molecule has 2 aromatic rings. The minimum atomic E-state index is -0.00273. The van der Waals surface area contributed by atoms with Gasteiger partial charge in [-0.1, -0.05) is 17.7 Å². The molecule has 2 amide bonds. The van der Waals surface area contributed by atoms with Crippen LogP contribution in [-0.2, 0) is 0 Å². The van der Waals surface area contributed by atoms with Crippen molar-refractivity contribution in [3.63, 3.8) is 0 Å². The van der Waals surface area contributed by atoms with Crippen LogP contribution in [0.5, 0.6) is 0 Å². The molecule has 0 saturated carbocycles. The fourth-order valence-corrected chi connectivity index (χ4v) is 4.34. The van der Waals surface area contributed by atoms with Gasteiger partial charge in [-0.3, -0.25) is 0 Å². The highest BCUT2D eigenvalue weighted by Crippen LogP contribution is 2.24. The maximum absolute atomic E-state index is 12.7. The van der Waals surface area contributed by atoms with Crippen LogP contribution in [0.25, 0.3) is 0 Å². The molecule has 5 heteroatoms. The molecule has 0 unspecified atom stereocenters. The molecule has 0 aliphatic carbocycles. The molecule has 0 spiro atoms. The molecule has 0 atom stereocenters. The first-order valence-corrected chi connectivity index (χ1v) is 10.8. The number of piperazine rings is 1. The van der Waals surface area contributed by atoms with Crippen molar-refractivity contribution in [2.75, 3.05) is 54.4 Å². The Hall–Kier alpha value is -2.69. The number of anilines is 3. The largest absolute Gasteiger partial charge is 0.372 e. The summed E-state index contributed by atoms with van der Waals surface area (Å²) < 4.78 is 0. The Morgan fingerprint density at radius 1 is 0.759 bits per heavy atom. The van der Waals surface area contributed by atoms with Crippen LogP contribution in [0, 0.1) is 13.8 Å². The van der Waals surface area contributed by atoms with E-state index in [9.17, 15) is 4.79 Å². The molecule has 2 aliphatic heterocycles. The lowest BCUT2D eigenvalue weighted by molar-refractivity contribution is 0.208. The van der Waals surface area contributed by atoms with Crippen molar-refractivity contribution >= 4 is 23.1 Å². The number of hydrogen-bond donors (Lipinski definition) is 1. The number of carbonyl (C=O) groups is 1. The molecule has 1 N–H and O–H groups in total. The topological polar surface area (TPSA) is 38.8 Å². The van der Waals surface area contributed by atoms with Gasteiger partial charge in [-0.05, 0) is 69.0 Å². The second-order valence-electron chi connectivity index (χ2n) is 8.29. The molecule has 2 aliphatic rings. The van der Waals surface area contributed by atoms with Gasteiger partial charge in [0.2, 0.25) is 0 Å². The van der Waals surface area contributed by atoms with E-state index in [1.165, 1.54) is 49.3 Å². The highest BCUT2D eigenvalue weighted by molar-refractivity contribution is 5.90. The van der Waals surface area contributed by atoms with E-state index in [2.05, 4.69) is 52.4 Å². The summed E-state index contributed by atoms with van der Waals surface area (Å²) in [6, 6.07) is 15.1. The van der Waals surface area contributed by atoms with Gasteiger partial charge in [0.25, 0.3) is 0 Å². The molecule has 5 nitrogen and oxygen atoms in total. The third-order valence-electron chi connectivity index (χ3n) is 6.13. The highest BCUT2D eigenvalue weighted by Gasteiger charge is 2.22. The van der Waals surface area contributed by atoms with Crippen LogP contribution in [0.2, 0.25) is 0 Å². The zero-order valence-electron chi connectivity index (χ0n) is 17.7. The Bertz CT molecular complexity index is 834. The van der Waals surface area contributed by atoms with Crippen molar-refractivity contribution in [2.24, 2.45) is 0 Å². The summed E-state index contributed by atoms with van der Waals surface area (Å²) >= 11 is 0. The van der Waals surface area contributed by atoms with Crippen LogP contribution in [-0.4, -0.2) is 50.2 Å². The quantitative estimate of drug-likeness (QED) is 0.826. The second-order valence-corrected chi connectivity index (χ2v) is 8.29. The Morgan fingerprint density at radius 3 is 1.93 bits per heavy atom. The van der Waals surface area contributed by atoms with E-state index >= 15 is 0 Å². The van der Waals surface area contributed by atoms with Crippen molar-refractivity contribution in [1.82, 2.24) is 4.90 Å². The van der Waals surface area contributed by atoms with E-state index in [-0.39, 0.29) is 6.03 Å². The highest BCUT2D eigenvalue weighted by atomic mass is 16.2. The van der Waals surface area contributed by atoms with Crippen molar-refractivity contribution < 1.29 is 4.79 Å². The average molecular weight is 393 g/mol. The van der Waals surface area contributed by atoms with Crippen LogP contribution in [0.4, 0.5) is 21.9 Å². The predicted octanol–water partition coefficient (Wildman–Crippen LogP) is 4.65. The lowest BCUT2D eigenvalue weighted by atomic mass is 10.1. The first kappa shape index (κ1) is 19.6. The SMILES string of the molecule is Cc1ccc(NC(=O)N2CCN(c3ccc(N4CCCCC4)cc3)CC2)c(C)c1. The van der Waals surface area contributed by atoms with Crippen molar-refractivity contribution in [1.29, 1.82) is 0 Å². The van der Waals surface area contributed by atoms with Gasteiger partial charge in [0, 0.05) is 56.3 Å². The number of piperidine rings is 1. The summed E-state index contributed by atoms with van der Waals surface area (Å²) in [7, 11) is 0. The Kier molecular flexibility index (Phi) is 5.93. The van der Waals surface area contributed by atoms with Gasteiger partial charge in [-0.25, -0.2) is 4.79 Å². The number of hydrogen-bond acceptors (Lipinski definition) is 3. The van der Waals surface area contributed by atoms with E-state index in [1.807, 2.05) is 24.0 Å². The zero-order valence-corrected chi connectivity index (χ0v) is 17.7. The van der Waals surface area contributed by atoms with Gasteiger partial charge in [0.05, 0.1) is 0 Å².